The largest absolute Gasteiger partial charge is 0.478 e. The molecule has 0 saturated heterocycles. The second-order valence-electron chi connectivity index (χ2n) is 3.38. The molecule has 1 rings (SSSR count). The van der Waals surface area contributed by atoms with Crippen LogP contribution in [0.3, 0.4) is 0 Å². The van der Waals surface area contributed by atoms with Crippen LogP contribution in [0, 0.1) is 0 Å². The molecule has 0 fully saturated rings. The Morgan fingerprint density at radius 2 is 2.29 bits per heavy atom. The van der Waals surface area contributed by atoms with E-state index >= 15 is 0 Å². The van der Waals surface area contributed by atoms with Gasteiger partial charge in [-0.15, -0.1) is 0 Å². The number of carboxylic acids is 1. The van der Waals surface area contributed by atoms with Crippen molar-refractivity contribution in [3.8, 4) is 0 Å². The number of furan rings is 1. The van der Waals surface area contributed by atoms with Gasteiger partial charge in [-0.05, 0) is 26.3 Å². The summed E-state index contributed by atoms with van der Waals surface area (Å²) in [6, 6.07) is 1.49. The summed E-state index contributed by atoms with van der Waals surface area (Å²) in [4.78, 5) is 10.7. The molecule has 0 radical (unpaired) electrons. The van der Waals surface area contributed by atoms with E-state index in [1.54, 1.807) is 0 Å². The lowest BCUT2D eigenvalue weighted by Gasteiger charge is -1.96. The van der Waals surface area contributed by atoms with E-state index in [-0.39, 0.29) is 5.56 Å². The normalized spacial score (nSPS) is 9.86. The fraction of sp³-hybridized carbons (Fsp3) is 0.364. The molecule has 1 aromatic rings. The summed E-state index contributed by atoms with van der Waals surface area (Å²) in [5.74, 6) is -0.374. The average molecular weight is 194 g/mol. The molecule has 0 saturated carbocycles. The zero-order chi connectivity index (χ0) is 10.6. The SMILES string of the molecule is CC(C)=CCCc1occc1C(=O)O. The van der Waals surface area contributed by atoms with Crippen LogP contribution in [0.4, 0.5) is 0 Å². The lowest BCUT2D eigenvalue weighted by atomic mass is 10.1. The molecule has 0 aliphatic carbocycles. The molecule has 0 aliphatic rings. The molecular formula is C11H14O3. The van der Waals surface area contributed by atoms with Gasteiger partial charge in [0, 0.05) is 6.42 Å². The van der Waals surface area contributed by atoms with Gasteiger partial charge in [0.1, 0.15) is 11.3 Å². The van der Waals surface area contributed by atoms with Crippen LogP contribution in [0.5, 0.6) is 0 Å². The molecule has 3 heteroatoms. The average Bonchev–Trinajstić information content (AvgIpc) is 2.51. The maximum Gasteiger partial charge on any atom is 0.339 e. The van der Waals surface area contributed by atoms with E-state index in [9.17, 15) is 4.79 Å². The molecule has 1 aromatic heterocycles. The van der Waals surface area contributed by atoms with Gasteiger partial charge in [0.15, 0.2) is 0 Å². The van der Waals surface area contributed by atoms with Crippen LogP contribution in [0.2, 0.25) is 0 Å². The van der Waals surface area contributed by atoms with Gasteiger partial charge >= 0.3 is 5.97 Å². The molecule has 0 bridgehead atoms. The Labute approximate surface area is 83.0 Å². The van der Waals surface area contributed by atoms with Gasteiger partial charge in [-0.2, -0.15) is 0 Å². The Bertz CT molecular complexity index is 343. The van der Waals surface area contributed by atoms with Gasteiger partial charge in [0.25, 0.3) is 0 Å². The summed E-state index contributed by atoms with van der Waals surface area (Å²) >= 11 is 0. The lowest BCUT2D eigenvalue weighted by molar-refractivity contribution is 0.0694. The van der Waals surface area contributed by atoms with Crippen LogP contribution in [-0.4, -0.2) is 11.1 Å². The first kappa shape index (κ1) is 10.6. The highest BCUT2D eigenvalue weighted by Crippen LogP contribution is 2.13. The molecule has 3 nitrogen and oxygen atoms in total. The predicted octanol–water partition coefficient (Wildman–Crippen LogP) is 2.88. The molecule has 76 valence electrons. The molecule has 0 atom stereocenters. The Hall–Kier alpha value is -1.51. The van der Waals surface area contributed by atoms with Gasteiger partial charge in [0.05, 0.1) is 6.26 Å². The predicted molar refractivity (Wildman–Crippen MR) is 53.4 cm³/mol. The first-order valence-electron chi connectivity index (χ1n) is 4.54. The minimum absolute atomic E-state index is 0.271. The van der Waals surface area contributed by atoms with E-state index < -0.39 is 5.97 Å². The maximum absolute atomic E-state index is 10.7. The Balaban J connectivity index is 2.63. The first-order chi connectivity index (χ1) is 6.61. The highest BCUT2D eigenvalue weighted by molar-refractivity contribution is 5.88. The van der Waals surface area contributed by atoms with E-state index in [1.807, 2.05) is 13.8 Å². The van der Waals surface area contributed by atoms with Gasteiger partial charge < -0.3 is 9.52 Å². The van der Waals surface area contributed by atoms with E-state index in [0.717, 1.165) is 6.42 Å². The third-order valence-electron chi connectivity index (χ3n) is 1.90. The van der Waals surface area contributed by atoms with E-state index in [2.05, 4.69) is 6.08 Å². The minimum Gasteiger partial charge on any atom is -0.478 e. The third kappa shape index (κ3) is 2.76. The molecule has 0 aliphatic heterocycles. The Morgan fingerprint density at radius 1 is 1.57 bits per heavy atom. The molecule has 1 N–H and O–H groups in total. The second-order valence-corrected chi connectivity index (χ2v) is 3.38. The summed E-state index contributed by atoms with van der Waals surface area (Å²) in [6.45, 7) is 4.03. The number of hydrogen-bond acceptors (Lipinski definition) is 2. The quantitative estimate of drug-likeness (QED) is 0.750. The topological polar surface area (TPSA) is 50.4 Å². The number of allylic oxidation sites excluding steroid dienone is 2. The van der Waals surface area contributed by atoms with Crippen LogP contribution in [0.15, 0.2) is 28.4 Å². The molecule has 14 heavy (non-hydrogen) atoms. The lowest BCUT2D eigenvalue weighted by Crippen LogP contribution is -1.98. The van der Waals surface area contributed by atoms with E-state index in [4.69, 9.17) is 9.52 Å². The minimum atomic E-state index is -0.925. The van der Waals surface area contributed by atoms with Gasteiger partial charge in [0.2, 0.25) is 0 Å². The highest BCUT2D eigenvalue weighted by atomic mass is 16.4. The monoisotopic (exact) mass is 194 g/mol. The number of rotatable bonds is 4. The first-order valence-corrected chi connectivity index (χ1v) is 4.54. The van der Waals surface area contributed by atoms with Crippen LogP contribution < -0.4 is 0 Å². The van der Waals surface area contributed by atoms with Gasteiger partial charge in [-0.3, -0.25) is 0 Å². The molecular weight excluding hydrogens is 180 g/mol. The fourth-order valence-electron chi connectivity index (χ4n) is 1.22. The summed E-state index contributed by atoms with van der Waals surface area (Å²) in [7, 11) is 0. The van der Waals surface area contributed by atoms with Gasteiger partial charge in [-0.25, -0.2) is 4.79 Å². The number of carbonyl (C=O) groups is 1. The number of aromatic carboxylic acids is 1. The van der Waals surface area contributed by atoms with Gasteiger partial charge in [-0.1, -0.05) is 11.6 Å². The maximum atomic E-state index is 10.7. The summed E-state index contributed by atoms with van der Waals surface area (Å²) in [5, 5.41) is 8.79. The second kappa shape index (κ2) is 4.65. The number of hydrogen-bond donors (Lipinski definition) is 1. The number of carboxylic acid groups (broad SMARTS) is 1. The molecule has 1 heterocycles. The highest BCUT2D eigenvalue weighted by Gasteiger charge is 2.11. The summed E-state index contributed by atoms with van der Waals surface area (Å²) < 4.78 is 5.10. The van der Waals surface area contributed by atoms with Crippen molar-refractivity contribution in [1.29, 1.82) is 0 Å². The molecule has 0 amide bonds. The number of aryl methyl sites for hydroxylation is 1. The van der Waals surface area contributed by atoms with Crippen molar-refractivity contribution >= 4 is 5.97 Å². The fourth-order valence-corrected chi connectivity index (χ4v) is 1.22. The summed E-state index contributed by atoms with van der Waals surface area (Å²) in [6.07, 6.45) is 4.94. The third-order valence-corrected chi connectivity index (χ3v) is 1.90. The zero-order valence-corrected chi connectivity index (χ0v) is 8.41. The molecule has 0 spiro atoms. The van der Waals surface area contributed by atoms with Crippen molar-refractivity contribution < 1.29 is 14.3 Å². The smallest absolute Gasteiger partial charge is 0.339 e. The molecule has 0 unspecified atom stereocenters. The Morgan fingerprint density at radius 3 is 2.86 bits per heavy atom. The molecule has 0 aromatic carbocycles. The van der Waals surface area contributed by atoms with E-state index in [1.165, 1.54) is 17.9 Å². The van der Waals surface area contributed by atoms with Crippen molar-refractivity contribution in [2.24, 2.45) is 0 Å². The van der Waals surface area contributed by atoms with Crippen molar-refractivity contribution in [2.75, 3.05) is 0 Å². The van der Waals surface area contributed by atoms with Crippen molar-refractivity contribution in [3.05, 3.63) is 35.3 Å². The van der Waals surface area contributed by atoms with Crippen molar-refractivity contribution in [3.63, 3.8) is 0 Å². The van der Waals surface area contributed by atoms with Crippen LogP contribution >= 0.6 is 0 Å². The van der Waals surface area contributed by atoms with E-state index in [0.29, 0.717) is 12.2 Å². The van der Waals surface area contributed by atoms with Crippen molar-refractivity contribution in [1.82, 2.24) is 0 Å². The van der Waals surface area contributed by atoms with Crippen LogP contribution in [-0.2, 0) is 6.42 Å². The van der Waals surface area contributed by atoms with Crippen LogP contribution in [0.1, 0.15) is 36.4 Å². The Kier molecular flexibility index (Phi) is 3.51. The zero-order valence-electron chi connectivity index (χ0n) is 8.41. The summed E-state index contributed by atoms with van der Waals surface area (Å²) in [5.41, 5.74) is 1.50. The standard InChI is InChI=1S/C11H14O3/c1-8(2)4-3-5-10-9(11(12)13)6-7-14-10/h4,6-7H,3,5H2,1-2H3,(H,12,13). The van der Waals surface area contributed by atoms with Crippen LogP contribution in [0.25, 0.3) is 0 Å². The van der Waals surface area contributed by atoms with Crippen molar-refractivity contribution in [2.45, 2.75) is 26.7 Å².